The first-order valence-corrected chi connectivity index (χ1v) is 10.9. The average Bonchev–Trinajstić information content (AvgIpc) is 2.72. The number of para-hydroxylation sites is 2. The zero-order valence-electron chi connectivity index (χ0n) is 19.3. The van der Waals surface area contributed by atoms with Gasteiger partial charge < -0.3 is 15.4 Å². The molecule has 0 saturated carbocycles. The largest absolute Gasteiger partial charge is 0.495 e. The number of dihydropyridines is 1. The van der Waals surface area contributed by atoms with Gasteiger partial charge in [-0.05, 0) is 43.4 Å². The molecule has 1 atom stereocenters. The lowest BCUT2D eigenvalue weighted by atomic mass is 9.68. The molecule has 0 saturated heterocycles. The van der Waals surface area contributed by atoms with E-state index in [2.05, 4.69) is 30.5 Å². The van der Waals surface area contributed by atoms with E-state index < -0.39 is 5.92 Å². The Hall–Kier alpha value is -3.34. The lowest BCUT2D eigenvalue weighted by Crippen LogP contribution is -2.39. The van der Waals surface area contributed by atoms with Crippen LogP contribution in [0.1, 0.15) is 50.7 Å². The Balaban J connectivity index is 1.82. The van der Waals surface area contributed by atoms with Gasteiger partial charge in [0, 0.05) is 34.9 Å². The molecule has 0 radical (unpaired) electrons. The lowest BCUT2D eigenvalue weighted by molar-refractivity contribution is -0.118. The van der Waals surface area contributed by atoms with Crippen LogP contribution in [0, 0.1) is 12.3 Å². The van der Waals surface area contributed by atoms with Gasteiger partial charge in [0.05, 0.1) is 12.8 Å². The van der Waals surface area contributed by atoms with Gasteiger partial charge in [0.25, 0.3) is 5.91 Å². The number of rotatable bonds is 4. The van der Waals surface area contributed by atoms with Crippen LogP contribution >= 0.6 is 0 Å². The molecule has 1 aliphatic heterocycles. The minimum atomic E-state index is -0.413. The number of benzene rings is 2. The second-order valence-electron chi connectivity index (χ2n) is 9.50. The van der Waals surface area contributed by atoms with Crippen molar-refractivity contribution in [3.05, 3.63) is 82.2 Å². The fourth-order valence-electron chi connectivity index (χ4n) is 4.86. The number of carbonyl (C=O) groups is 2. The highest BCUT2D eigenvalue weighted by Gasteiger charge is 2.42. The standard InChI is InChI=1S/C27H30N2O3/c1-16-9-8-10-18(13-16)24-23(26(31)29-19-11-6-7-12-22(19)32-5)17(2)28-20-14-27(3,4)15-21(30)25(20)24/h6-13,24,28H,14-15H2,1-5H3,(H,29,31)/t24-/m0/s1. The number of methoxy groups -OCH3 is 1. The maximum atomic E-state index is 13.6. The molecular formula is C27H30N2O3. The summed E-state index contributed by atoms with van der Waals surface area (Å²) in [6.07, 6.45) is 1.24. The first-order chi connectivity index (χ1) is 15.2. The minimum absolute atomic E-state index is 0.102. The molecule has 166 valence electrons. The van der Waals surface area contributed by atoms with Crippen molar-refractivity contribution in [2.24, 2.45) is 5.41 Å². The molecule has 1 aliphatic carbocycles. The highest BCUT2D eigenvalue weighted by Crippen LogP contribution is 2.47. The number of nitrogens with one attached hydrogen (secondary N) is 2. The number of allylic oxidation sites excluding steroid dienone is 3. The number of carbonyl (C=O) groups excluding carboxylic acids is 2. The second kappa shape index (κ2) is 8.30. The molecule has 1 amide bonds. The molecule has 2 aromatic carbocycles. The van der Waals surface area contributed by atoms with Gasteiger partial charge in [-0.2, -0.15) is 0 Å². The van der Waals surface area contributed by atoms with E-state index in [1.54, 1.807) is 13.2 Å². The molecule has 5 heteroatoms. The molecule has 32 heavy (non-hydrogen) atoms. The lowest BCUT2D eigenvalue weighted by Gasteiger charge is -2.39. The van der Waals surface area contributed by atoms with E-state index in [0.29, 0.717) is 29.0 Å². The van der Waals surface area contributed by atoms with Crippen LogP contribution in [-0.4, -0.2) is 18.8 Å². The Bertz CT molecular complexity index is 1160. The van der Waals surface area contributed by atoms with Crippen molar-refractivity contribution >= 4 is 17.4 Å². The molecule has 0 spiro atoms. The summed E-state index contributed by atoms with van der Waals surface area (Å²) in [6.45, 7) is 8.16. The summed E-state index contributed by atoms with van der Waals surface area (Å²) in [4.78, 5) is 27.0. The van der Waals surface area contributed by atoms with Gasteiger partial charge >= 0.3 is 0 Å². The Morgan fingerprint density at radius 1 is 1.09 bits per heavy atom. The van der Waals surface area contributed by atoms with E-state index in [1.807, 2.05) is 50.2 Å². The van der Waals surface area contributed by atoms with E-state index >= 15 is 0 Å². The molecule has 2 aliphatic rings. The van der Waals surface area contributed by atoms with Crippen LogP contribution in [0.5, 0.6) is 5.75 Å². The molecule has 1 heterocycles. The number of Topliss-reactive ketones (excluding diaryl/α,β-unsaturated/α-hetero) is 1. The third kappa shape index (κ3) is 4.07. The third-order valence-corrected chi connectivity index (χ3v) is 6.21. The quantitative estimate of drug-likeness (QED) is 0.696. The van der Waals surface area contributed by atoms with Crippen molar-refractivity contribution in [1.82, 2.24) is 5.32 Å². The van der Waals surface area contributed by atoms with Crippen molar-refractivity contribution in [3.63, 3.8) is 0 Å². The Morgan fingerprint density at radius 3 is 2.56 bits per heavy atom. The normalized spacial score (nSPS) is 19.9. The van der Waals surface area contributed by atoms with Gasteiger partial charge in [0.2, 0.25) is 0 Å². The zero-order chi connectivity index (χ0) is 23.0. The van der Waals surface area contributed by atoms with E-state index in [-0.39, 0.29) is 17.1 Å². The van der Waals surface area contributed by atoms with Crippen molar-refractivity contribution in [3.8, 4) is 5.75 Å². The predicted molar refractivity (Wildman–Crippen MR) is 126 cm³/mol. The maximum Gasteiger partial charge on any atom is 0.254 e. The van der Waals surface area contributed by atoms with Gasteiger partial charge in [-0.3, -0.25) is 9.59 Å². The zero-order valence-corrected chi connectivity index (χ0v) is 19.3. The van der Waals surface area contributed by atoms with Crippen molar-refractivity contribution in [1.29, 1.82) is 0 Å². The molecule has 5 nitrogen and oxygen atoms in total. The van der Waals surface area contributed by atoms with Gasteiger partial charge in [-0.15, -0.1) is 0 Å². The number of hydrogen-bond donors (Lipinski definition) is 2. The van der Waals surface area contributed by atoms with Crippen LogP contribution in [0.3, 0.4) is 0 Å². The number of ether oxygens (including phenoxy) is 1. The van der Waals surface area contributed by atoms with Crippen LogP contribution in [0.4, 0.5) is 5.69 Å². The highest BCUT2D eigenvalue weighted by molar-refractivity contribution is 6.10. The average molecular weight is 431 g/mol. The monoisotopic (exact) mass is 430 g/mol. The molecule has 4 rings (SSSR count). The molecule has 0 bridgehead atoms. The molecular weight excluding hydrogens is 400 g/mol. The van der Waals surface area contributed by atoms with E-state index in [0.717, 1.165) is 28.9 Å². The second-order valence-corrected chi connectivity index (χ2v) is 9.50. The predicted octanol–water partition coefficient (Wildman–Crippen LogP) is 5.25. The first kappa shape index (κ1) is 21.9. The first-order valence-electron chi connectivity index (χ1n) is 10.9. The van der Waals surface area contributed by atoms with Gasteiger partial charge in [0.15, 0.2) is 5.78 Å². The Labute approximate surface area is 189 Å². The molecule has 0 aromatic heterocycles. The van der Waals surface area contributed by atoms with Crippen molar-refractivity contribution in [2.75, 3.05) is 12.4 Å². The van der Waals surface area contributed by atoms with E-state index in [4.69, 9.17) is 4.74 Å². The van der Waals surface area contributed by atoms with Crippen LogP contribution in [0.2, 0.25) is 0 Å². The Morgan fingerprint density at radius 2 is 1.84 bits per heavy atom. The molecule has 0 unspecified atom stereocenters. The van der Waals surface area contributed by atoms with E-state index in [9.17, 15) is 9.59 Å². The summed E-state index contributed by atoms with van der Waals surface area (Å²) >= 11 is 0. The third-order valence-electron chi connectivity index (χ3n) is 6.21. The van der Waals surface area contributed by atoms with Crippen LogP contribution in [0.15, 0.2) is 71.1 Å². The fourth-order valence-corrected chi connectivity index (χ4v) is 4.86. The summed E-state index contributed by atoms with van der Waals surface area (Å²) in [7, 11) is 1.58. The molecule has 2 aromatic rings. The summed E-state index contributed by atoms with van der Waals surface area (Å²) in [5, 5.41) is 6.42. The van der Waals surface area contributed by atoms with Gasteiger partial charge in [-0.1, -0.05) is 55.8 Å². The summed E-state index contributed by atoms with van der Waals surface area (Å²) in [5.74, 6) is 0.0374. The van der Waals surface area contributed by atoms with Crippen molar-refractivity contribution in [2.45, 2.75) is 46.5 Å². The van der Waals surface area contributed by atoms with Crippen LogP contribution < -0.4 is 15.4 Å². The fraction of sp³-hybridized carbons (Fsp3) is 0.333. The van der Waals surface area contributed by atoms with Crippen LogP contribution in [-0.2, 0) is 9.59 Å². The SMILES string of the molecule is COc1ccccc1NC(=O)C1=C(C)NC2=C(C(=O)CC(C)(C)C2)[C@H]1c1cccc(C)c1. The number of ketones is 1. The molecule has 2 N–H and O–H groups in total. The van der Waals surface area contributed by atoms with Gasteiger partial charge in [0.1, 0.15) is 5.75 Å². The maximum absolute atomic E-state index is 13.6. The number of aryl methyl sites for hydroxylation is 1. The smallest absolute Gasteiger partial charge is 0.254 e. The number of amides is 1. The Kier molecular flexibility index (Phi) is 5.68. The van der Waals surface area contributed by atoms with Crippen molar-refractivity contribution < 1.29 is 14.3 Å². The minimum Gasteiger partial charge on any atom is -0.495 e. The van der Waals surface area contributed by atoms with Crippen LogP contribution in [0.25, 0.3) is 0 Å². The summed E-state index contributed by atoms with van der Waals surface area (Å²) < 4.78 is 5.40. The summed E-state index contributed by atoms with van der Waals surface area (Å²) in [5.41, 5.74) is 5.51. The topological polar surface area (TPSA) is 67.4 Å². The molecule has 0 fully saturated rings. The number of hydrogen-bond acceptors (Lipinski definition) is 4. The van der Waals surface area contributed by atoms with E-state index in [1.165, 1.54) is 0 Å². The summed E-state index contributed by atoms with van der Waals surface area (Å²) in [6, 6.07) is 15.4. The highest BCUT2D eigenvalue weighted by atomic mass is 16.5. The number of anilines is 1. The van der Waals surface area contributed by atoms with Gasteiger partial charge in [-0.25, -0.2) is 0 Å².